The summed E-state index contributed by atoms with van der Waals surface area (Å²) in [5, 5.41) is 14.3. The molecule has 4 rings (SSSR count). The lowest BCUT2D eigenvalue weighted by Crippen LogP contribution is -2.55. The average Bonchev–Trinajstić information content (AvgIpc) is 2.91. The van der Waals surface area contributed by atoms with Gasteiger partial charge < -0.3 is 29.5 Å². The normalized spacial score (nSPS) is 16.3. The highest BCUT2D eigenvalue weighted by Crippen LogP contribution is 2.30. The zero-order valence-corrected chi connectivity index (χ0v) is 26.9. The molecule has 234 valence electrons. The van der Waals surface area contributed by atoms with E-state index in [0.29, 0.717) is 16.5 Å². The van der Waals surface area contributed by atoms with E-state index < -0.39 is 47.4 Å². The Morgan fingerprint density at radius 3 is 2.23 bits per heavy atom. The van der Waals surface area contributed by atoms with Gasteiger partial charge in [0.05, 0.1) is 6.61 Å². The second-order valence-corrected chi connectivity index (χ2v) is 13.0. The number of anilines is 3. The fraction of sp³-hybridized carbons (Fsp3) is 0.387. The van der Waals surface area contributed by atoms with Crippen LogP contribution >= 0.6 is 15.9 Å². The van der Waals surface area contributed by atoms with E-state index in [1.54, 1.807) is 84.0 Å². The van der Waals surface area contributed by atoms with Crippen molar-refractivity contribution in [3.05, 3.63) is 59.2 Å². The minimum atomic E-state index is -1.79. The zero-order valence-electron chi connectivity index (χ0n) is 25.3. The zero-order chi connectivity index (χ0) is 32.4. The summed E-state index contributed by atoms with van der Waals surface area (Å²) in [5.41, 5.74) is -0.907. The number of ether oxygens (including phenoxy) is 3. The van der Waals surface area contributed by atoms with Crippen LogP contribution in [0.2, 0.25) is 0 Å². The third-order valence-corrected chi connectivity index (χ3v) is 6.72. The molecule has 1 aliphatic rings. The van der Waals surface area contributed by atoms with Crippen molar-refractivity contribution in [1.29, 1.82) is 0 Å². The van der Waals surface area contributed by atoms with Crippen molar-refractivity contribution in [3.63, 3.8) is 0 Å². The molecule has 0 bridgehead atoms. The fourth-order valence-corrected chi connectivity index (χ4v) is 4.61. The summed E-state index contributed by atoms with van der Waals surface area (Å²) in [6.07, 6.45) is -3.74. The Hall–Kier alpha value is -4.07. The molecule has 1 fully saturated rings. The second kappa shape index (κ2) is 12.9. The fourth-order valence-electron chi connectivity index (χ4n) is 4.34. The summed E-state index contributed by atoms with van der Waals surface area (Å²) in [6, 6.07) is 13.3. The first-order valence-electron chi connectivity index (χ1n) is 13.9. The van der Waals surface area contributed by atoms with Gasteiger partial charge in [0.1, 0.15) is 11.2 Å². The minimum Gasteiger partial charge on any atom is -0.443 e. The number of halogens is 1. The van der Waals surface area contributed by atoms with Crippen LogP contribution in [0.15, 0.2) is 59.2 Å². The van der Waals surface area contributed by atoms with E-state index in [2.05, 4.69) is 26.2 Å². The summed E-state index contributed by atoms with van der Waals surface area (Å²) < 4.78 is 17.3. The van der Waals surface area contributed by atoms with Gasteiger partial charge >= 0.3 is 12.2 Å². The lowest BCUT2D eigenvalue weighted by molar-refractivity contribution is -0.150. The number of pyridine rings is 1. The van der Waals surface area contributed by atoms with E-state index in [-0.39, 0.29) is 24.7 Å². The lowest BCUT2D eigenvalue weighted by atomic mass is 10.1. The van der Waals surface area contributed by atoms with Gasteiger partial charge in [-0.15, -0.1) is 0 Å². The van der Waals surface area contributed by atoms with Gasteiger partial charge in [0.15, 0.2) is 18.0 Å². The smallest absolute Gasteiger partial charge is 0.425 e. The van der Waals surface area contributed by atoms with Crippen LogP contribution in [0.25, 0.3) is 10.8 Å². The number of rotatable bonds is 5. The number of aromatic nitrogens is 1. The van der Waals surface area contributed by atoms with E-state index in [4.69, 9.17) is 14.2 Å². The number of morpholine rings is 1. The number of carbonyl (C=O) groups is 4. The molecule has 44 heavy (non-hydrogen) atoms. The molecule has 0 saturated carbocycles. The van der Waals surface area contributed by atoms with Gasteiger partial charge in [-0.25, -0.2) is 14.6 Å². The van der Waals surface area contributed by atoms with E-state index in [9.17, 15) is 24.3 Å². The predicted octanol–water partition coefficient (Wildman–Crippen LogP) is 5.41. The SMILES string of the molecule is CC(C)(C)OC(=O)N(C(=O)OC(C)(C)C)c1nccc2cc(NC(=O)[C@H](O)[C@H]3OCCN(c4ccc(Br)cc4)C3=O)ccc12. The van der Waals surface area contributed by atoms with Gasteiger partial charge in [0.25, 0.3) is 11.8 Å². The number of nitrogens with one attached hydrogen (secondary N) is 1. The molecule has 12 nitrogen and oxygen atoms in total. The number of hydrogen-bond acceptors (Lipinski definition) is 9. The number of nitrogens with zero attached hydrogens (tertiary/aromatic N) is 3. The third-order valence-electron chi connectivity index (χ3n) is 6.19. The van der Waals surface area contributed by atoms with Crippen molar-refractivity contribution in [2.45, 2.75) is 65.0 Å². The van der Waals surface area contributed by atoms with E-state index in [1.165, 1.54) is 17.2 Å². The van der Waals surface area contributed by atoms with Crippen LogP contribution in [0.4, 0.5) is 26.8 Å². The molecule has 2 atom stereocenters. The van der Waals surface area contributed by atoms with Gasteiger partial charge in [-0.1, -0.05) is 15.9 Å². The molecular formula is C31H35BrN4O8. The van der Waals surface area contributed by atoms with Gasteiger partial charge in [-0.3, -0.25) is 9.59 Å². The maximum absolute atomic E-state index is 13.2. The first-order valence-corrected chi connectivity index (χ1v) is 14.7. The molecule has 3 aromatic rings. The number of hydrogen-bond donors (Lipinski definition) is 2. The molecule has 0 aliphatic carbocycles. The largest absolute Gasteiger partial charge is 0.443 e. The minimum absolute atomic E-state index is 0.0295. The van der Waals surface area contributed by atoms with Crippen LogP contribution in [0.1, 0.15) is 41.5 Å². The second-order valence-electron chi connectivity index (χ2n) is 12.1. The monoisotopic (exact) mass is 670 g/mol. The molecular weight excluding hydrogens is 636 g/mol. The van der Waals surface area contributed by atoms with Gasteiger partial charge in [-0.2, -0.15) is 4.90 Å². The topological polar surface area (TPSA) is 148 Å². The Morgan fingerprint density at radius 2 is 1.64 bits per heavy atom. The summed E-state index contributed by atoms with van der Waals surface area (Å²) in [7, 11) is 0. The Morgan fingerprint density at radius 1 is 1.02 bits per heavy atom. The van der Waals surface area contributed by atoms with Crippen LogP contribution in [0.3, 0.4) is 0 Å². The van der Waals surface area contributed by atoms with Gasteiger partial charge in [0, 0.05) is 34.0 Å². The van der Waals surface area contributed by atoms with Crippen LogP contribution in [0.5, 0.6) is 0 Å². The van der Waals surface area contributed by atoms with Crippen molar-refractivity contribution in [2.75, 3.05) is 28.3 Å². The number of benzene rings is 2. The Bertz CT molecular complexity index is 1540. The first-order chi connectivity index (χ1) is 20.5. The lowest BCUT2D eigenvalue weighted by Gasteiger charge is -2.34. The maximum atomic E-state index is 13.2. The molecule has 1 aliphatic heterocycles. The van der Waals surface area contributed by atoms with Crippen LogP contribution in [0, 0.1) is 0 Å². The molecule has 0 unspecified atom stereocenters. The maximum Gasteiger partial charge on any atom is 0.425 e. The van der Waals surface area contributed by atoms with Crippen molar-refractivity contribution in [2.24, 2.45) is 0 Å². The van der Waals surface area contributed by atoms with Crippen molar-refractivity contribution < 1.29 is 38.5 Å². The molecule has 2 N–H and O–H groups in total. The predicted molar refractivity (Wildman–Crippen MR) is 168 cm³/mol. The molecule has 2 heterocycles. The van der Waals surface area contributed by atoms with E-state index >= 15 is 0 Å². The summed E-state index contributed by atoms with van der Waals surface area (Å²) >= 11 is 3.36. The highest BCUT2D eigenvalue weighted by Gasteiger charge is 2.39. The average molecular weight is 672 g/mol. The summed E-state index contributed by atoms with van der Waals surface area (Å²) in [6.45, 7) is 10.4. The van der Waals surface area contributed by atoms with E-state index in [0.717, 1.165) is 9.37 Å². The third kappa shape index (κ3) is 7.90. The molecule has 2 aromatic carbocycles. The number of amides is 4. The van der Waals surface area contributed by atoms with Crippen molar-refractivity contribution in [3.8, 4) is 0 Å². The van der Waals surface area contributed by atoms with Crippen LogP contribution in [-0.4, -0.2) is 70.7 Å². The highest BCUT2D eigenvalue weighted by molar-refractivity contribution is 9.10. The number of aliphatic hydroxyl groups excluding tert-OH is 1. The van der Waals surface area contributed by atoms with E-state index in [1.807, 2.05) is 0 Å². The summed E-state index contributed by atoms with van der Waals surface area (Å²) in [4.78, 5) is 58.9. The quantitative estimate of drug-likeness (QED) is 0.364. The Balaban J connectivity index is 1.57. The molecule has 1 saturated heterocycles. The highest BCUT2D eigenvalue weighted by atomic mass is 79.9. The molecule has 1 aromatic heterocycles. The van der Waals surface area contributed by atoms with Crippen LogP contribution in [-0.2, 0) is 23.8 Å². The molecule has 0 spiro atoms. The van der Waals surface area contributed by atoms with Crippen LogP contribution < -0.4 is 15.1 Å². The number of carbonyl (C=O) groups excluding carboxylic acids is 4. The number of fused-ring (bicyclic) bond motifs is 1. The van der Waals surface area contributed by atoms with Crippen molar-refractivity contribution in [1.82, 2.24) is 4.98 Å². The Kier molecular flexibility index (Phi) is 9.62. The molecule has 0 radical (unpaired) electrons. The van der Waals surface area contributed by atoms with Gasteiger partial charge in [0.2, 0.25) is 0 Å². The van der Waals surface area contributed by atoms with Gasteiger partial charge in [-0.05, 0) is 95.5 Å². The standard InChI is InChI=1S/C31H35BrN4O8/c1-30(2,3)43-28(40)36(29(41)44-31(4,5)6)25-22-12-9-20(17-18(22)13-14-33-25)34-26(38)23(37)24-27(39)35(15-16-42-24)21-10-7-19(32)8-11-21/h7-14,17,23-24,37H,15-16H2,1-6H3,(H,34,38)/t23-,24-/m1/s1. The number of aliphatic hydroxyl groups is 1. The van der Waals surface area contributed by atoms with Crippen molar-refractivity contribution >= 4 is 67.9 Å². The molecule has 13 heteroatoms. The number of imide groups is 1. The Labute approximate surface area is 263 Å². The molecule has 4 amide bonds. The summed E-state index contributed by atoms with van der Waals surface area (Å²) in [5.74, 6) is -1.42. The first kappa shape index (κ1) is 32.8.